The van der Waals surface area contributed by atoms with Crippen LogP contribution in [0.15, 0.2) is 83.3 Å². The predicted octanol–water partition coefficient (Wildman–Crippen LogP) is 8.27. The molecule has 128 valence electrons. The second-order valence-corrected chi connectivity index (χ2v) is 8.28. The molecule has 2 aromatic heterocycles. The van der Waals surface area contributed by atoms with E-state index < -0.39 is 0 Å². The van der Waals surface area contributed by atoms with E-state index in [1.807, 2.05) is 18.2 Å². The minimum absolute atomic E-state index is 0.777. The van der Waals surface area contributed by atoms with E-state index in [9.17, 15) is 0 Å². The van der Waals surface area contributed by atoms with Gasteiger partial charge in [-0.05, 0) is 59.7 Å². The van der Waals surface area contributed by atoms with Crippen LogP contribution < -0.4 is 0 Å². The highest BCUT2D eigenvalue weighted by Gasteiger charge is 2.10. The summed E-state index contributed by atoms with van der Waals surface area (Å²) in [5.41, 5.74) is 4.25. The van der Waals surface area contributed by atoms with Crippen molar-refractivity contribution < 1.29 is 4.42 Å². The smallest absolute Gasteiger partial charge is 0.135 e. The maximum absolute atomic E-state index is 6.24. The lowest BCUT2D eigenvalue weighted by Gasteiger charge is -2.03. The van der Waals surface area contributed by atoms with Gasteiger partial charge in [-0.15, -0.1) is 11.3 Å². The molecule has 6 rings (SSSR count). The van der Waals surface area contributed by atoms with Gasteiger partial charge >= 0.3 is 0 Å². The first-order valence-electron chi connectivity index (χ1n) is 8.80. The van der Waals surface area contributed by atoms with Crippen molar-refractivity contribution in [2.45, 2.75) is 0 Å². The number of hydrogen-bond acceptors (Lipinski definition) is 2. The molecule has 1 nitrogen and oxygen atoms in total. The second-order valence-electron chi connectivity index (χ2n) is 6.76. The summed E-state index contributed by atoms with van der Waals surface area (Å²) >= 11 is 8.04. The third kappa shape index (κ3) is 2.31. The molecule has 0 N–H and O–H groups in total. The van der Waals surface area contributed by atoms with Gasteiger partial charge in [0.05, 0.1) is 0 Å². The van der Waals surface area contributed by atoms with Gasteiger partial charge in [-0.3, -0.25) is 0 Å². The minimum Gasteiger partial charge on any atom is -0.456 e. The van der Waals surface area contributed by atoms with Crippen LogP contribution in [0.5, 0.6) is 0 Å². The van der Waals surface area contributed by atoms with E-state index in [1.165, 1.54) is 31.3 Å². The van der Waals surface area contributed by atoms with Gasteiger partial charge in [0.15, 0.2) is 0 Å². The predicted molar refractivity (Wildman–Crippen MR) is 117 cm³/mol. The Morgan fingerprint density at radius 2 is 1.26 bits per heavy atom. The van der Waals surface area contributed by atoms with Crippen molar-refractivity contribution in [3.8, 4) is 11.1 Å². The first-order valence-corrected chi connectivity index (χ1v) is 9.99. The highest BCUT2D eigenvalue weighted by atomic mass is 35.5. The number of hydrogen-bond donors (Lipinski definition) is 0. The van der Waals surface area contributed by atoms with Crippen molar-refractivity contribution in [2.75, 3.05) is 0 Å². The molecule has 0 aliphatic carbocycles. The number of furan rings is 1. The number of para-hydroxylation sites is 1. The minimum atomic E-state index is 0.777. The van der Waals surface area contributed by atoms with Gasteiger partial charge in [-0.2, -0.15) is 0 Å². The molecule has 0 aliphatic heterocycles. The van der Waals surface area contributed by atoms with Crippen molar-refractivity contribution in [3.05, 3.63) is 83.9 Å². The van der Waals surface area contributed by atoms with Gasteiger partial charge in [0.1, 0.15) is 11.2 Å². The molecular formula is C24H13ClOS. The molecule has 6 aromatic rings. The lowest BCUT2D eigenvalue weighted by molar-refractivity contribution is 0.669. The molecule has 0 aliphatic rings. The van der Waals surface area contributed by atoms with Gasteiger partial charge < -0.3 is 4.42 Å². The highest BCUT2D eigenvalue weighted by Crippen LogP contribution is 2.38. The summed E-state index contributed by atoms with van der Waals surface area (Å²) in [6.07, 6.45) is 0. The standard InChI is InChI=1S/C24H13ClOS/c25-16-7-10-24-20(13-16)19-12-15(6-9-23(19)27-24)14-5-8-22-18(11-14)17-3-1-2-4-21(17)26-22/h1-13H. The van der Waals surface area contributed by atoms with Crippen LogP contribution >= 0.6 is 22.9 Å². The fourth-order valence-corrected chi connectivity index (χ4v) is 5.07. The lowest BCUT2D eigenvalue weighted by Crippen LogP contribution is -1.78. The van der Waals surface area contributed by atoms with E-state index >= 15 is 0 Å². The number of fused-ring (bicyclic) bond motifs is 6. The van der Waals surface area contributed by atoms with Crippen LogP contribution in [0.2, 0.25) is 5.02 Å². The molecule has 0 bridgehead atoms. The highest BCUT2D eigenvalue weighted by molar-refractivity contribution is 7.25. The Morgan fingerprint density at radius 3 is 2.15 bits per heavy atom. The summed E-state index contributed by atoms with van der Waals surface area (Å²) in [7, 11) is 0. The van der Waals surface area contributed by atoms with Gasteiger partial charge in [0.2, 0.25) is 0 Å². The Bertz CT molecular complexity index is 1490. The normalized spacial score (nSPS) is 11.9. The van der Waals surface area contributed by atoms with Crippen molar-refractivity contribution >= 4 is 65.0 Å². The SMILES string of the molecule is Clc1ccc2sc3ccc(-c4ccc5oc6ccccc6c5c4)cc3c2c1. The molecule has 0 saturated heterocycles. The zero-order valence-electron chi connectivity index (χ0n) is 14.2. The topological polar surface area (TPSA) is 13.1 Å². The maximum Gasteiger partial charge on any atom is 0.135 e. The summed E-state index contributed by atoms with van der Waals surface area (Å²) in [6.45, 7) is 0. The third-order valence-electron chi connectivity index (χ3n) is 5.14. The van der Waals surface area contributed by atoms with Crippen LogP contribution in [-0.2, 0) is 0 Å². The summed E-state index contributed by atoms with van der Waals surface area (Å²) < 4.78 is 8.51. The van der Waals surface area contributed by atoms with Crippen LogP contribution in [0.1, 0.15) is 0 Å². The molecule has 0 spiro atoms. The molecule has 0 amide bonds. The Kier molecular flexibility index (Phi) is 3.16. The zero-order chi connectivity index (χ0) is 18.0. The Labute approximate surface area is 164 Å². The molecule has 0 unspecified atom stereocenters. The summed E-state index contributed by atoms with van der Waals surface area (Å²) in [5, 5.41) is 5.56. The average Bonchev–Trinajstić information content (AvgIpc) is 3.25. The van der Waals surface area contributed by atoms with E-state index in [4.69, 9.17) is 16.0 Å². The number of rotatable bonds is 1. The number of halogens is 1. The Morgan fingerprint density at radius 1 is 0.593 bits per heavy atom. The molecular weight excluding hydrogens is 372 g/mol. The van der Waals surface area contributed by atoms with Crippen LogP contribution in [-0.4, -0.2) is 0 Å². The summed E-state index contributed by atoms with van der Waals surface area (Å²) in [6, 6.07) is 27.4. The molecule has 0 atom stereocenters. The van der Waals surface area contributed by atoms with Crippen molar-refractivity contribution in [2.24, 2.45) is 0 Å². The fourth-order valence-electron chi connectivity index (χ4n) is 3.83. The quantitative estimate of drug-likeness (QED) is 0.278. The van der Waals surface area contributed by atoms with Crippen LogP contribution in [0.3, 0.4) is 0 Å². The largest absolute Gasteiger partial charge is 0.456 e. The first kappa shape index (κ1) is 15.3. The van der Waals surface area contributed by atoms with Gasteiger partial charge in [-0.1, -0.05) is 41.9 Å². The van der Waals surface area contributed by atoms with E-state index in [-0.39, 0.29) is 0 Å². The molecule has 2 heterocycles. The average molecular weight is 385 g/mol. The summed E-state index contributed by atoms with van der Waals surface area (Å²) in [5.74, 6) is 0. The lowest BCUT2D eigenvalue weighted by atomic mass is 10.0. The molecule has 3 heteroatoms. The van der Waals surface area contributed by atoms with Crippen LogP contribution in [0.4, 0.5) is 0 Å². The number of thiophene rings is 1. The Hall–Kier alpha value is -2.81. The van der Waals surface area contributed by atoms with Gasteiger partial charge in [0.25, 0.3) is 0 Å². The monoisotopic (exact) mass is 384 g/mol. The zero-order valence-corrected chi connectivity index (χ0v) is 15.8. The van der Waals surface area contributed by atoms with E-state index in [2.05, 4.69) is 60.7 Å². The van der Waals surface area contributed by atoms with E-state index in [0.717, 1.165) is 27.0 Å². The van der Waals surface area contributed by atoms with E-state index in [0.29, 0.717) is 0 Å². The van der Waals surface area contributed by atoms with Crippen molar-refractivity contribution in [1.29, 1.82) is 0 Å². The van der Waals surface area contributed by atoms with Gasteiger partial charge in [-0.25, -0.2) is 0 Å². The molecule has 27 heavy (non-hydrogen) atoms. The van der Waals surface area contributed by atoms with Gasteiger partial charge in [0, 0.05) is 36.0 Å². The van der Waals surface area contributed by atoms with E-state index in [1.54, 1.807) is 11.3 Å². The number of benzene rings is 4. The third-order valence-corrected chi connectivity index (χ3v) is 6.53. The summed E-state index contributed by atoms with van der Waals surface area (Å²) in [4.78, 5) is 0. The first-order chi connectivity index (χ1) is 13.3. The van der Waals surface area contributed by atoms with Crippen LogP contribution in [0.25, 0.3) is 53.2 Å². The molecule has 0 saturated carbocycles. The van der Waals surface area contributed by atoms with Crippen molar-refractivity contribution in [1.82, 2.24) is 0 Å². The van der Waals surface area contributed by atoms with Crippen LogP contribution in [0, 0.1) is 0 Å². The molecule has 0 fully saturated rings. The fraction of sp³-hybridized carbons (Fsp3) is 0. The second kappa shape index (κ2) is 5.59. The Balaban J connectivity index is 1.61. The maximum atomic E-state index is 6.24. The molecule has 0 radical (unpaired) electrons. The molecule has 4 aromatic carbocycles. The van der Waals surface area contributed by atoms with Crippen molar-refractivity contribution in [3.63, 3.8) is 0 Å².